The number of nitrogens with one attached hydrogen (secondary N) is 1. The van der Waals surface area contributed by atoms with E-state index in [4.69, 9.17) is 4.74 Å². The zero-order valence-electron chi connectivity index (χ0n) is 17.0. The minimum atomic E-state index is -0.310. The van der Waals surface area contributed by atoms with Gasteiger partial charge in [-0.25, -0.2) is 5.43 Å². The lowest BCUT2D eigenvalue weighted by Gasteiger charge is -2.07. The van der Waals surface area contributed by atoms with Gasteiger partial charge in [-0.1, -0.05) is 12.1 Å². The molecule has 8 heteroatoms. The highest BCUT2D eigenvalue weighted by Crippen LogP contribution is 2.26. The predicted molar refractivity (Wildman–Crippen MR) is 119 cm³/mol. The second kappa shape index (κ2) is 9.58. The molecular formula is C22H23BrN4O3. The Labute approximate surface area is 183 Å². The van der Waals surface area contributed by atoms with E-state index in [9.17, 15) is 9.90 Å². The highest BCUT2D eigenvalue weighted by atomic mass is 79.9. The maximum atomic E-state index is 12.3. The molecule has 0 unspecified atom stereocenters. The number of aromatic hydroxyl groups is 1. The van der Waals surface area contributed by atoms with Crippen LogP contribution in [0.3, 0.4) is 0 Å². The zero-order valence-corrected chi connectivity index (χ0v) is 18.6. The largest absolute Gasteiger partial charge is 0.504 e. The van der Waals surface area contributed by atoms with Crippen LogP contribution in [0.1, 0.15) is 39.8 Å². The topological polar surface area (TPSA) is 88.7 Å². The number of nitrogens with zero attached hydrogens (tertiary/aromatic N) is 3. The Kier molecular flexibility index (Phi) is 6.89. The van der Waals surface area contributed by atoms with E-state index in [-0.39, 0.29) is 11.7 Å². The number of phenolic OH excluding ortho intramolecular Hbond substituents is 1. The summed E-state index contributed by atoms with van der Waals surface area (Å²) < 4.78 is 8.27. The van der Waals surface area contributed by atoms with Crippen LogP contribution in [0.15, 0.2) is 52.0 Å². The average Bonchev–Trinajstić information content (AvgIpc) is 2.97. The normalized spacial score (nSPS) is 11.1. The number of ether oxygens (including phenoxy) is 1. The maximum Gasteiger partial charge on any atom is 0.271 e. The number of aryl methyl sites for hydroxylation is 1. The molecule has 1 amide bonds. The lowest BCUT2D eigenvalue weighted by Crippen LogP contribution is -2.17. The quantitative estimate of drug-likeness (QED) is 0.400. The molecule has 0 saturated heterocycles. The number of hydrazone groups is 1. The fraction of sp³-hybridized carbons (Fsp3) is 0.227. The number of hydrogen-bond donors (Lipinski definition) is 2. The van der Waals surface area contributed by atoms with Crippen molar-refractivity contribution in [3.05, 3.63) is 75.0 Å². The summed E-state index contributed by atoms with van der Waals surface area (Å²) in [7, 11) is 0. The van der Waals surface area contributed by atoms with Crippen LogP contribution in [0.5, 0.6) is 11.5 Å². The number of hydrogen-bond acceptors (Lipinski definition) is 5. The van der Waals surface area contributed by atoms with Crippen LogP contribution in [0.25, 0.3) is 0 Å². The summed E-state index contributed by atoms with van der Waals surface area (Å²) in [6.45, 7) is 6.87. The first-order chi connectivity index (χ1) is 14.4. The van der Waals surface area contributed by atoms with Gasteiger partial charge in [-0.2, -0.15) is 10.2 Å². The van der Waals surface area contributed by atoms with Gasteiger partial charge in [0.2, 0.25) is 0 Å². The van der Waals surface area contributed by atoms with Crippen molar-refractivity contribution in [1.82, 2.24) is 15.2 Å². The fourth-order valence-corrected chi connectivity index (χ4v) is 3.16. The molecule has 30 heavy (non-hydrogen) atoms. The first-order valence-electron chi connectivity index (χ1n) is 9.46. The molecule has 0 fully saturated rings. The second-order valence-corrected chi connectivity index (χ2v) is 7.49. The molecule has 3 rings (SSSR count). The molecule has 0 atom stereocenters. The van der Waals surface area contributed by atoms with Crippen molar-refractivity contribution >= 4 is 28.1 Å². The first-order valence-corrected chi connectivity index (χ1v) is 10.3. The fourth-order valence-electron chi connectivity index (χ4n) is 2.88. The highest BCUT2D eigenvalue weighted by molar-refractivity contribution is 9.10. The molecule has 0 spiro atoms. The molecular weight excluding hydrogens is 448 g/mol. The van der Waals surface area contributed by atoms with E-state index in [0.29, 0.717) is 30.0 Å². The molecule has 0 saturated carbocycles. The maximum absolute atomic E-state index is 12.3. The summed E-state index contributed by atoms with van der Waals surface area (Å²) >= 11 is 3.53. The summed E-state index contributed by atoms with van der Waals surface area (Å²) in [5.74, 6) is 0.124. The average molecular weight is 471 g/mol. The van der Waals surface area contributed by atoms with Crippen molar-refractivity contribution in [3.8, 4) is 11.5 Å². The van der Waals surface area contributed by atoms with Gasteiger partial charge in [0.25, 0.3) is 5.91 Å². The van der Waals surface area contributed by atoms with E-state index in [1.165, 1.54) is 12.3 Å². The number of benzene rings is 2. The number of halogens is 1. The van der Waals surface area contributed by atoms with Gasteiger partial charge < -0.3 is 9.84 Å². The van der Waals surface area contributed by atoms with Crippen molar-refractivity contribution in [2.45, 2.75) is 27.3 Å². The predicted octanol–water partition coefficient (Wildman–Crippen LogP) is 4.18. The summed E-state index contributed by atoms with van der Waals surface area (Å²) in [6.07, 6.45) is 1.49. The Morgan fingerprint density at radius 1 is 1.27 bits per heavy atom. The number of carbonyl (C=O) groups excluding carboxylic acids is 1. The van der Waals surface area contributed by atoms with Crippen LogP contribution >= 0.6 is 15.9 Å². The van der Waals surface area contributed by atoms with E-state index in [2.05, 4.69) is 31.6 Å². The van der Waals surface area contributed by atoms with E-state index >= 15 is 0 Å². The van der Waals surface area contributed by atoms with Crippen LogP contribution in [0.4, 0.5) is 0 Å². The van der Waals surface area contributed by atoms with Crippen LogP contribution in [0, 0.1) is 13.8 Å². The Morgan fingerprint density at radius 2 is 2.00 bits per heavy atom. The minimum Gasteiger partial charge on any atom is -0.504 e. The van der Waals surface area contributed by atoms with E-state index in [1.807, 2.05) is 37.6 Å². The summed E-state index contributed by atoms with van der Waals surface area (Å²) in [6, 6.07) is 12.2. The summed E-state index contributed by atoms with van der Waals surface area (Å²) in [5.41, 5.74) is 6.76. The monoisotopic (exact) mass is 470 g/mol. The van der Waals surface area contributed by atoms with Crippen molar-refractivity contribution in [2.75, 3.05) is 6.61 Å². The molecule has 0 radical (unpaired) electrons. The number of phenols is 1. The zero-order chi connectivity index (χ0) is 21.7. The van der Waals surface area contributed by atoms with Gasteiger partial charge in [0.15, 0.2) is 11.5 Å². The van der Waals surface area contributed by atoms with Crippen LogP contribution in [-0.4, -0.2) is 33.6 Å². The molecule has 156 valence electrons. The van der Waals surface area contributed by atoms with Crippen LogP contribution in [-0.2, 0) is 6.54 Å². The smallest absolute Gasteiger partial charge is 0.271 e. The van der Waals surface area contributed by atoms with Crippen LogP contribution in [0.2, 0.25) is 0 Å². The number of aromatic nitrogens is 2. The standard InChI is InChI=1S/C22H23BrN4O3/c1-4-30-20-11-17(7-10-19(20)28)12-24-25-22(29)18-8-5-16(6-9-18)13-27-15(3)21(23)14(2)26-27/h5-12,28H,4,13H2,1-3H3,(H,25,29). The lowest BCUT2D eigenvalue weighted by molar-refractivity contribution is 0.0955. The lowest BCUT2D eigenvalue weighted by atomic mass is 10.1. The van der Waals surface area contributed by atoms with Crippen LogP contribution < -0.4 is 10.2 Å². The Morgan fingerprint density at radius 3 is 2.63 bits per heavy atom. The number of carbonyl (C=O) groups is 1. The molecule has 3 aromatic rings. The van der Waals surface area contributed by atoms with E-state index in [0.717, 1.165) is 21.4 Å². The van der Waals surface area contributed by atoms with E-state index < -0.39 is 0 Å². The third-order valence-electron chi connectivity index (χ3n) is 4.51. The molecule has 1 heterocycles. The minimum absolute atomic E-state index is 0.0611. The number of rotatable bonds is 7. The van der Waals surface area contributed by atoms with Crippen molar-refractivity contribution in [3.63, 3.8) is 0 Å². The number of amides is 1. The molecule has 2 aromatic carbocycles. The molecule has 0 aliphatic rings. The molecule has 1 aromatic heterocycles. The van der Waals surface area contributed by atoms with Gasteiger partial charge in [-0.05, 0) is 78.2 Å². The molecule has 0 aliphatic carbocycles. The molecule has 2 N–H and O–H groups in total. The Balaban J connectivity index is 1.61. The van der Waals surface area contributed by atoms with E-state index in [1.54, 1.807) is 24.3 Å². The Bertz CT molecular complexity index is 1070. The SMILES string of the molecule is CCOc1cc(C=NNC(=O)c2ccc(Cn3nc(C)c(Br)c3C)cc2)ccc1O. The van der Waals surface area contributed by atoms with Gasteiger partial charge in [0.1, 0.15) is 0 Å². The summed E-state index contributed by atoms with van der Waals surface area (Å²) in [5, 5.41) is 18.2. The van der Waals surface area contributed by atoms with Gasteiger partial charge in [-0.3, -0.25) is 9.48 Å². The third kappa shape index (κ3) is 5.07. The van der Waals surface area contributed by atoms with Gasteiger partial charge in [-0.15, -0.1) is 0 Å². The summed E-state index contributed by atoms with van der Waals surface area (Å²) in [4.78, 5) is 12.3. The van der Waals surface area contributed by atoms with Crippen molar-refractivity contribution in [1.29, 1.82) is 0 Å². The molecule has 0 bridgehead atoms. The van der Waals surface area contributed by atoms with Crippen molar-refractivity contribution < 1.29 is 14.6 Å². The van der Waals surface area contributed by atoms with Gasteiger partial charge >= 0.3 is 0 Å². The molecule has 0 aliphatic heterocycles. The first kappa shape index (κ1) is 21.6. The molecule has 7 nitrogen and oxygen atoms in total. The van der Waals surface area contributed by atoms with Gasteiger partial charge in [0.05, 0.1) is 35.2 Å². The van der Waals surface area contributed by atoms with Gasteiger partial charge in [0, 0.05) is 5.56 Å². The third-order valence-corrected chi connectivity index (χ3v) is 5.65. The second-order valence-electron chi connectivity index (χ2n) is 6.70. The Hall–Kier alpha value is -3.13. The van der Waals surface area contributed by atoms with Crippen molar-refractivity contribution in [2.24, 2.45) is 5.10 Å². The highest BCUT2D eigenvalue weighted by Gasteiger charge is 2.10.